The highest BCUT2D eigenvalue weighted by atomic mass is 16.5. The second-order valence-corrected chi connectivity index (χ2v) is 7.34. The van der Waals surface area contributed by atoms with Gasteiger partial charge in [-0.1, -0.05) is 36.4 Å². The lowest BCUT2D eigenvalue weighted by Crippen LogP contribution is -2.39. The summed E-state index contributed by atoms with van der Waals surface area (Å²) in [7, 11) is 1.60. The summed E-state index contributed by atoms with van der Waals surface area (Å²) in [5.41, 5.74) is 2.28. The molecule has 6 heteroatoms. The van der Waals surface area contributed by atoms with Crippen molar-refractivity contribution in [2.45, 2.75) is 17.9 Å². The second kappa shape index (κ2) is 7.73. The molecular formula is C22H24N2O4. The van der Waals surface area contributed by atoms with Gasteiger partial charge in [0, 0.05) is 36.9 Å². The van der Waals surface area contributed by atoms with Gasteiger partial charge in [-0.25, -0.2) is 0 Å². The molecule has 2 amide bonds. The third-order valence-electron chi connectivity index (χ3n) is 5.53. The van der Waals surface area contributed by atoms with E-state index in [0.29, 0.717) is 38.3 Å². The molecule has 146 valence electrons. The zero-order valence-corrected chi connectivity index (χ0v) is 15.9. The van der Waals surface area contributed by atoms with E-state index in [1.165, 1.54) is 0 Å². The first-order valence-corrected chi connectivity index (χ1v) is 9.49. The molecule has 1 saturated heterocycles. The van der Waals surface area contributed by atoms with Crippen molar-refractivity contribution in [3.8, 4) is 0 Å². The molecule has 4 rings (SSSR count). The Balaban J connectivity index is 1.57. The first-order valence-electron chi connectivity index (χ1n) is 9.49. The van der Waals surface area contributed by atoms with Crippen LogP contribution in [0, 0.1) is 0 Å². The number of amides is 2. The van der Waals surface area contributed by atoms with Crippen molar-refractivity contribution in [3.05, 3.63) is 65.7 Å². The molecule has 28 heavy (non-hydrogen) atoms. The number of methoxy groups -OCH3 is 1. The Bertz CT molecular complexity index is 870. The second-order valence-electron chi connectivity index (χ2n) is 7.34. The number of para-hydroxylation sites is 1. The topological polar surface area (TPSA) is 67.9 Å². The summed E-state index contributed by atoms with van der Waals surface area (Å²) in [5, 5.41) is 2.85. The minimum atomic E-state index is -0.517. The fraction of sp³-hybridized carbons (Fsp3) is 0.364. The highest BCUT2D eigenvalue weighted by Crippen LogP contribution is 2.47. The number of carbonyl (C=O) groups excluding carboxylic acids is 2. The Morgan fingerprint density at radius 3 is 2.71 bits per heavy atom. The fourth-order valence-electron chi connectivity index (χ4n) is 4.14. The molecule has 0 aliphatic carbocycles. The number of hydrogen-bond donors (Lipinski definition) is 1. The van der Waals surface area contributed by atoms with Gasteiger partial charge in [-0.2, -0.15) is 0 Å². The lowest BCUT2D eigenvalue weighted by molar-refractivity contribution is -0.130. The van der Waals surface area contributed by atoms with E-state index in [1.54, 1.807) is 7.11 Å². The molecule has 2 aromatic rings. The normalized spacial score (nSPS) is 23.0. The maximum Gasteiger partial charge on any atom is 0.258 e. The Labute approximate surface area is 164 Å². The molecule has 2 aromatic carbocycles. The van der Waals surface area contributed by atoms with Crippen LogP contribution >= 0.6 is 0 Å². The summed E-state index contributed by atoms with van der Waals surface area (Å²) in [6, 6.07) is 17.2. The molecule has 0 aromatic heterocycles. The van der Waals surface area contributed by atoms with Gasteiger partial charge in [0.05, 0.1) is 13.2 Å². The van der Waals surface area contributed by atoms with Crippen molar-refractivity contribution in [1.29, 1.82) is 0 Å². The molecule has 2 aliphatic heterocycles. The number of hydrogen-bond acceptors (Lipinski definition) is 4. The lowest BCUT2D eigenvalue weighted by Gasteiger charge is -2.23. The van der Waals surface area contributed by atoms with E-state index in [2.05, 4.69) is 5.32 Å². The molecule has 2 atom stereocenters. The minimum absolute atomic E-state index is 0.0297. The van der Waals surface area contributed by atoms with Gasteiger partial charge in [0.15, 0.2) is 0 Å². The number of ether oxygens (including phenoxy) is 2. The number of rotatable bonds is 5. The van der Waals surface area contributed by atoms with Crippen LogP contribution in [0.1, 0.15) is 22.3 Å². The summed E-state index contributed by atoms with van der Waals surface area (Å²) in [6.07, 6.45) is 0.0400. The van der Waals surface area contributed by atoms with Crippen LogP contribution in [0.5, 0.6) is 0 Å². The first kappa shape index (κ1) is 18.7. The molecule has 0 saturated carbocycles. The number of anilines is 1. The van der Waals surface area contributed by atoms with Gasteiger partial charge >= 0.3 is 0 Å². The molecule has 1 spiro atoms. The number of benzene rings is 2. The predicted octanol–water partition coefficient (Wildman–Crippen LogP) is 2.14. The Kier molecular flexibility index (Phi) is 5.15. The first-order chi connectivity index (χ1) is 13.6. The van der Waals surface area contributed by atoms with Crippen LogP contribution in [-0.2, 0) is 19.7 Å². The molecule has 0 bridgehead atoms. The van der Waals surface area contributed by atoms with Crippen LogP contribution in [0.2, 0.25) is 0 Å². The summed E-state index contributed by atoms with van der Waals surface area (Å²) in [6.45, 7) is 1.86. The van der Waals surface area contributed by atoms with Crippen LogP contribution in [0.15, 0.2) is 54.6 Å². The van der Waals surface area contributed by atoms with Gasteiger partial charge in [-0.15, -0.1) is 0 Å². The average molecular weight is 380 g/mol. The molecule has 0 unspecified atom stereocenters. The molecule has 2 heterocycles. The van der Waals surface area contributed by atoms with Crippen LogP contribution in [0.4, 0.5) is 5.69 Å². The largest absolute Gasteiger partial charge is 0.383 e. The zero-order valence-electron chi connectivity index (χ0n) is 15.9. The quantitative estimate of drug-likeness (QED) is 0.807. The van der Waals surface area contributed by atoms with Crippen LogP contribution in [-0.4, -0.2) is 51.3 Å². The number of nitrogens with zero attached hydrogens (tertiary/aromatic N) is 1. The van der Waals surface area contributed by atoms with E-state index in [9.17, 15) is 9.59 Å². The van der Waals surface area contributed by atoms with E-state index in [0.717, 1.165) is 11.3 Å². The van der Waals surface area contributed by atoms with E-state index >= 15 is 0 Å². The van der Waals surface area contributed by atoms with Gasteiger partial charge in [0.1, 0.15) is 6.10 Å². The number of carbonyl (C=O) groups is 2. The van der Waals surface area contributed by atoms with Crippen molar-refractivity contribution < 1.29 is 19.1 Å². The van der Waals surface area contributed by atoms with Crippen molar-refractivity contribution in [3.63, 3.8) is 0 Å². The average Bonchev–Trinajstić information content (AvgIpc) is 3.31. The zero-order chi connectivity index (χ0) is 19.6. The van der Waals surface area contributed by atoms with Crippen molar-refractivity contribution in [2.75, 3.05) is 38.3 Å². The van der Waals surface area contributed by atoms with E-state index in [1.807, 2.05) is 59.5 Å². The maximum atomic E-state index is 13.1. The summed E-state index contributed by atoms with van der Waals surface area (Å²) in [5.74, 6) is -0.155. The Morgan fingerprint density at radius 1 is 1.18 bits per heavy atom. The monoisotopic (exact) mass is 380 g/mol. The standard InChI is InChI=1S/C22H24N2O4/c1-27-12-11-23-20(25)19-13-22(15-28-19)14-24(18-10-6-5-9-17(18)22)21(26)16-7-3-2-4-8-16/h2-10,19H,11-15H2,1H3,(H,23,25)/t19-,22+/m1/s1. The van der Waals surface area contributed by atoms with Crippen LogP contribution in [0.3, 0.4) is 0 Å². The molecular weight excluding hydrogens is 356 g/mol. The Hall–Kier alpha value is -2.70. The van der Waals surface area contributed by atoms with Crippen molar-refractivity contribution >= 4 is 17.5 Å². The predicted molar refractivity (Wildman–Crippen MR) is 105 cm³/mol. The highest BCUT2D eigenvalue weighted by molar-refractivity contribution is 6.07. The van der Waals surface area contributed by atoms with Gasteiger partial charge in [-0.05, 0) is 30.2 Å². The summed E-state index contributed by atoms with van der Waals surface area (Å²) >= 11 is 0. The summed E-state index contributed by atoms with van der Waals surface area (Å²) < 4.78 is 10.9. The third-order valence-corrected chi connectivity index (χ3v) is 5.53. The fourth-order valence-corrected chi connectivity index (χ4v) is 4.14. The lowest BCUT2D eigenvalue weighted by atomic mass is 9.80. The minimum Gasteiger partial charge on any atom is -0.383 e. The molecule has 1 N–H and O–H groups in total. The smallest absolute Gasteiger partial charge is 0.258 e. The number of fused-ring (bicyclic) bond motifs is 2. The summed E-state index contributed by atoms with van der Waals surface area (Å²) in [4.78, 5) is 27.4. The SMILES string of the molecule is COCCNC(=O)[C@H]1C[C@@]2(CO1)CN(C(=O)c1ccccc1)c1ccccc12. The van der Waals surface area contributed by atoms with Gasteiger partial charge in [0.2, 0.25) is 5.91 Å². The van der Waals surface area contributed by atoms with E-state index in [-0.39, 0.29) is 17.2 Å². The molecule has 2 aliphatic rings. The van der Waals surface area contributed by atoms with Crippen LogP contribution < -0.4 is 10.2 Å². The van der Waals surface area contributed by atoms with Crippen LogP contribution in [0.25, 0.3) is 0 Å². The Morgan fingerprint density at radius 2 is 1.93 bits per heavy atom. The van der Waals surface area contributed by atoms with E-state index < -0.39 is 6.10 Å². The van der Waals surface area contributed by atoms with Gasteiger partial charge < -0.3 is 19.7 Å². The maximum absolute atomic E-state index is 13.1. The van der Waals surface area contributed by atoms with E-state index in [4.69, 9.17) is 9.47 Å². The molecule has 6 nitrogen and oxygen atoms in total. The van der Waals surface area contributed by atoms with Crippen molar-refractivity contribution in [2.24, 2.45) is 0 Å². The van der Waals surface area contributed by atoms with Gasteiger partial charge in [0.25, 0.3) is 5.91 Å². The van der Waals surface area contributed by atoms with Crippen molar-refractivity contribution in [1.82, 2.24) is 5.32 Å². The number of nitrogens with one attached hydrogen (secondary N) is 1. The molecule has 0 radical (unpaired) electrons. The highest BCUT2D eigenvalue weighted by Gasteiger charge is 2.51. The third kappa shape index (κ3) is 3.30. The molecule has 1 fully saturated rings. The van der Waals surface area contributed by atoms with Gasteiger partial charge in [-0.3, -0.25) is 9.59 Å².